The fourth-order valence-electron chi connectivity index (χ4n) is 1.43. The molecule has 0 unspecified atom stereocenters. The first kappa shape index (κ1) is 13.5. The van der Waals surface area contributed by atoms with Crippen LogP contribution in [0.5, 0.6) is 5.75 Å². The van der Waals surface area contributed by atoms with Gasteiger partial charge < -0.3 is 10.1 Å². The highest BCUT2D eigenvalue weighted by atomic mass is 16.5. The molecule has 1 N–H and O–H groups in total. The molecule has 0 spiro atoms. The summed E-state index contributed by atoms with van der Waals surface area (Å²) in [6.07, 6.45) is 1.77. The molecule has 1 amide bonds. The number of hydrogen-bond donors (Lipinski definition) is 1. The van der Waals surface area contributed by atoms with Crippen molar-refractivity contribution < 1.29 is 9.53 Å². The highest BCUT2D eigenvalue weighted by molar-refractivity contribution is 5.77. The van der Waals surface area contributed by atoms with E-state index in [0.717, 1.165) is 5.69 Å². The van der Waals surface area contributed by atoms with Gasteiger partial charge in [0.25, 0.3) is 5.91 Å². The second kappa shape index (κ2) is 6.84. The van der Waals surface area contributed by atoms with Crippen molar-refractivity contribution in [3.63, 3.8) is 0 Å². The quantitative estimate of drug-likeness (QED) is 0.746. The lowest BCUT2D eigenvalue weighted by Crippen LogP contribution is -2.29. The van der Waals surface area contributed by atoms with Gasteiger partial charge in [0.1, 0.15) is 12.1 Å². The number of carbonyl (C=O) groups is 1. The summed E-state index contributed by atoms with van der Waals surface area (Å²) in [6, 6.07) is 8.94. The third kappa shape index (κ3) is 3.78. The van der Waals surface area contributed by atoms with Gasteiger partial charge in [0, 0.05) is 6.54 Å². The maximum Gasteiger partial charge on any atom is 0.257 e. The van der Waals surface area contributed by atoms with Gasteiger partial charge >= 0.3 is 0 Å². The van der Waals surface area contributed by atoms with Gasteiger partial charge in [0.15, 0.2) is 6.61 Å². The summed E-state index contributed by atoms with van der Waals surface area (Å²) in [7, 11) is 0. The van der Waals surface area contributed by atoms with Gasteiger partial charge in [-0.15, -0.1) is 5.10 Å². The van der Waals surface area contributed by atoms with E-state index >= 15 is 0 Å². The van der Waals surface area contributed by atoms with Gasteiger partial charge in [-0.05, 0) is 34.7 Å². The lowest BCUT2D eigenvalue weighted by Gasteiger charge is -2.07. The van der Waals surface area contributed by atoms with Crippen molar-refractivity contribution >= 4 is 5.91 Å². The topological polar surface area (TPSA) is 106 Å². The Balaban J connectivity index is 1.82. The molecule has 0 aliphatic rings. The molecular weight excluding hydrogens is 260 g/mol. The van der Waals surface area contributed by atoms with Crippen LogP contribution in [0.25, 0.3) is 5.69 Å². The molecule has 1 aromatic carbocycles. The van der Waals surface area contributed by atoms with Crippen molar-refractivity contribution in [3.8, 4) is 17.5 Å². The van der Waals surface area contributed by atoms with Crippen LogP contribution in [0.3, 0.4) is 0 Å². The van der Waals surface area contributed by atoms with E-state index in [2.05, 4.69) is 20.8 Å². The standard InChI is InChI=1S/C12H12N6O2/c13-6-1-7-14-12(19)8-20-11-4-2-10(3-5-11)18-9-15-16-17-18/h2-5,9H,1,7-8H2,(H,14,19). The van der Waals surface area contributed by atoms with Crippen molar-refractivity contribution in [1.29, 1.82) is 5.26 Å². The smallest absolute Gasteiger partial charge is 0.257 e. The highest BCUT2D eigenvalue weighted by Crippen LogP contribution is 2.13. The van der Waals surface area contributed by atoms with Crippen molar-refractivity contribution in [1.82, 2.24) is 25.5 Å². The van der Waals surface area contributed by atoms with Crippen molar-refractivity contribution in [3.05, 3.63) is 30.6 Å². The number of nitrogens with one attached hydrogen (secondary N) is 1. The molecule has 1 heterocycles. The molecule has 0 fully saturated rings. The third-order valence-electron chi connectivity index (χ3n) is 2.38. The molecule has 0 atom stereocenters. The maximum absolute atomic E-state index is 11.4. The highest BCUT2D eigenvalue weighted by Gasteiger charge is 2.03. The van der Waals surface area contributed by atoms with Crippen LogP contribution in [-0.4, -0.2) is 39.3 Å². The number of rotatable bonds is 6. The van der Waals surface area contributed by atoms with Gasteiger partial charge in [0.2, 0.25) is 0 Å². The summed E-state index contributed by atoms with van der Waals surface area (Å²) in [4.78, 5) is 11.4. The van der Waals surface area contributed by atoms with Crippen LogP contribution >= 0.6 is 0 Å². The van der Waals surface area contributed by atoms with E-state index in [4.69, 9.17) is 10.00 Å². The third-order valence-corrected chi connectivity index (χ3v) is 2.38. The SMILES string of the molecule is N#CCCNC(=O)COc1ccc(-n2cnnn2)cc1. The van der Waals surface area contributed by atoms with Crippen molar-refractivity contribution in [2.75, 3.05) is 13.2 Å². The zero-order valence-electron chi connectivity index (χ0n) is 10.6. The minimum absolute atomic E-state index is 0.0876. The number of benzene rings is 1. The summed E-state index contributed by atoms with van der Waals surface area (Å²) in [5.74, 6) is 0.307. The Morgan fingerprint density at radius 3 is 2.85 bits per heavy atom. The molecule has 2 aromatic rings. The molecule has 0 saturated heterocycles. The van der Waals surface area contributed by atoms with Crippen molar-refractivity contribution in [2.45, 2.75) is 6.42 Å². The van der Waals surface area contributed by atoms with Crippen LogP contribution < -0.4 is 10.1 Å². The summed E-state index contributed by atoms with van der Waals surface area (Å²) < 4.78 is 6.83. The molecule has 20 heavy (non-hydrogen) atoms. The lowest BCUT2D eigenvalue weighted by molar-refractivity contribution is -0.123. The van der Waals surface area contributed by atoms with E-state index < -0.39 is 0 Å². The van der Waals surface area contributed by atoms with Crippen LogP contribution in [0, 0.1) is 11.3 Å². The average Bonchev–Trinajstić information content (AvgIpc) is 3.00. The van der Waals surface area contributed by atoms with Crippen molar-refractivity contribution in [2.24, 2.45) is 0 Å². The number of aromatic nitrogens is 4. The van der Waals surface area contributed by atoms with E-state index in [-0.39, 0.29) is 18.9 Å². The monoisotopic (exact) mass is 272 g/mol. The fraction of sp³-hybridized carbons (Fsp3) is 0.250. The first-order valence-electron chi connectivity index (χ1n) is 5.89. The fourth-order valence-corrected chi connectivity index (χ4v) is 1.43. The molecule has 0 bridgehead atoms. The number of nitrogens with zero attached hydrogens (tertiary/aromatic N) is 5. The molecule has 0 aliphatic carbocycles. The summed E-state index contributed by atoms with van der Waals surface area (Å²) in [5, 5.41) is 21.8. The van der Waals surface area contributed by atoms with Crippen LogP contribution in [0.2, 0.25) is 0 Å². The Hall–Kier alpha value is -2.95. The largest absolute Gasteiger partial charge is 0.484 e. The lowest BCUT2D eigenvalue weighted by atomic mass is 10.3. The van der Waals surface area contributed by atoms with Crippen LogP contribution in [-0.2, 0) is 4.79 Å². The van der Waals surface area contributed by atoms with E-state index in [1.807, 2.05) is 6.07 Å². The number of hydrogen-bond acceptors (Lipinski definition) is 6. The molecular formula is C12H12N6O2. The number of amides is 1. The van der Waals surface area contributed by atoms with Gasteiger partial charge in [0.05, 0.1) is 18.2 Å². The second-order valence-electron chi connectivity index (χ2n) is 3.80. The van der Waals surface area contributed by atoms with E-state index in [0.29, 0.717) is 12.3 Å². The molecule has 0 aliphatic heterocycles. The minimum Gasteiger partial charge on any atom is -0.484 e. The minimum atomic E-state index is -0.259. The molecule has 102 valence electrons. The first-order valence-corrected chi connectivity index (χ1v) is 5.89. The van der Waals surface area contributed by atoms with Crippen LogP contribution in [0.1, 0.15) is 6.42 Å². The Kier molecular flexibility index (Phi) is 4.61. The summed E-state index contributed by atoms with van der Waals surface area (Å²) >= 11 is 0. The number of ether oxygens (including phenoxy) is 1. The van der Waals surface area contributed by atoms with E-state index in [9.17, 15) is 4.79 Å². The maximum atomic E-state index is 11.4. The zero-order valence-corrected chi connectivity index (χ0v) is 10.6. The van der Waals surface area contributed by atoms with Crippen LogP contribution in [0.15, 0.2) is 30.6 Å². The molecule has 1 aromatic heterocycles. The Bertz CT molecular complexity index is 587. The summed E-state index contributed by atoms with van der Waals surface area (Å²) in [6.45, 7) is 0.243. The number of carbonyl (C=O) groups excluding carboxylic acids is 1. The van der Waals surface area contributed by atoms with Crippen LogP contribution in [0.4, 0.5) is 0 Å². The molecule has 8 nitrogen and oxygen atoms in total. The normalized spacial score (nSPS) is 9.75. The predicted molar refractivity (Wildman–Crippen MR) is 67.9 cm³/mol. The van der Waals surface area contributed by atoms with Gasteiger partial charge in [-0.25, -0.2) is 4.68 Å². The average molecular weight is 272 g/mol. The van der Waals surface area contributed by atoms with E-state index in [1.165, 1.54) is 11.0 Å². The number of nitriles is 1. The molecule has 8 heteroatoms. The zero-order chi connectivity index (χ0) is 14.2. The molecule has 2 rings (SSSR count). The van der Waals surface area contributed by atoms with E-state index in [1.54, 1.807) is 24.3 Å². The van der Waals surface area contributed by atoms with Gasteiger partial charge in [-0.1, -0.05) is 0 Å². The number of tetrazole rings is 1. The Morgan fingerprint density at radius 1 is 1.40 bits per heavy atom. The second-order valence-corrected chi connectivity index (χ2v) is 3.80. The van der Waals surface area contributed by atoms with Gasteiger partial charge in [-0.2, -0.15) is 5.26 Å². The Morgan fingerprint density at radius 2 is 2.20 bits per heavy atom. The molecule has 0 saturated carbocycles. The molecule has 0 radical (unpaired) electrons. The first-order chi connectivity index (χ1) is 9.79. The summed E-state index contributed by atoms with van der Waals surface area (Å²) in [5.41, 5.74) is 0.792. The Labute approximate surface area is 115 Å². The van der Waals surface area contributed by atoms with Gasteiger partial charge in [-0.3, -0.25) is 4.79 Å². The predicted octanol–water partition coefficient (Wildman–Crippen LogP) is 0.0710.